The van der Waals surface area contributed by atoms with Crippen molar-refractivity contribution in [3.8, 4) is 0 Å². The second-order valence-electron chi connectivity index (χ2n) is 7.66. The van der Waals surface area contributed by atoms with Crippen LogP contribution in [0, 0.1) is 11.8 Å². The standard InChI is InChI=1S/C19H22ClN2/c1-22-9-8-15-14-4-2-3-5-17(14)21-18(15)19(22)16-10-13(20)7-6-12(16)11-22/h2-5,7,12,16,19,21H,6,8-11H2,1H3/q+1/t12-,16-,19+,22-/m1/s1. The van der Waals surface area contributed by atoms with Gasteiger partial charge in [-0.1, -0.05) is 35.9 Å². The summed E-state index contributed by atoms with van der Waals surface area (Å²) in [5.74, 6) is 1.50. The summed E-state index contributed by atoms with van der Waals surface area (Å²) in [5.41, 5.74) is 4.39. The Hall–Kier alpha value is -1.25. The zero-order valence-corrected chi connectivity index (χ0v) is 13.7. The zero-order chi connectivity index (χ0) is 14.9. The molecule has 1 aromatic heterocycles. The van der Waals surface area contributed by atoms with Gasteiger partial charge in [-0.05, 0) is 24.5 Å². The Balaban J connectivity index is 1.69. The topological polar surface area (TPSA) is 15.8 Å². The lowest BCUT2D eigenvalue weighted by Crippen LogP contribution is -2.48. The molecular weight excluding hydrogens is 292 g/mol. The number of H-pyrrole nitrogens is 1. The Kier molecular flexibility index (Phi) is 2.64. The quantitative estimate of drug-likeness (QED) is 0.695. The first-order valence-electron chi connectivity index (χ1n) is 8.44. The van der Waals surface area contributed by atoms with Gasteiger partial charge in [-0.25, -0.2) is 0 Å². The first-order chi connectivity index (χ1) is 10.7. The average molecular weight is 314 g/mol. The van der Waals surface area contributed by atoms with E-state index in [4.69, 9.17) is 11.6 Å². The molecule has 0 amide bonds. The van der Waals surface area contributed by atoms with E-state index in [1.165, 1.54) is 47.0 Å². The summed E-state index contributed by atoms with van der Waals surface area (Å²) in [6.07, 6.45) is 5.70. The molecule has 1 aliphatic carbocycles. The highest BCUT2D eigenvalue weighted by atomic mass is 35.5. The highest BCUT2D eigenvalue weighted by Crippen LogP contribution is 2.54. The predicted octanol–water partition coefficient (Wildman–Crippen LogP) is 4.37. The zero-order valence-electron chi connectivity index (χ0n) is 13.0. The summed E-state index contributed by atoms with van der Waals surface area (Å²) in [5, 5.41) is 2.52. The van der Waals surface area contributed by atoms with Gasteiger partial charge >= 0.3 is 0 Å². The van der Waals surface area contributed by atoms with Crippen molar-refractivity contribution < 1.29 is 4.48 Å². The summed E-state index contributed by atoms with van der Waals surface area (Å²) >= 11 is 6.41. The molecule has 0 unspecified atom stereocenters. The highest BCUT2D eigenvalue weighted by Gasteiger charge is 2.55. The van der Waals surface area contributed by atoms with Crippen LogP contribution in [0.15, 0.2) is 35.4 Å². The normalized spacial score (nSPS) is 36.6. The number of benzene rings is 1. The number of quaternary nitrogens is 1. The number of halogens is 1. The number of likely N-dealkylation sites (N-methyl/N-ethyl adjacent to an activating group) is 1. The Labute approximate surface area is 136 Å². The van der Waals surface area contributed by atoms with Crippen LogP contribution in [-0.2, 0) is 6.42 Å². The largest absolute Gasteiger partial charge is 0.353 e. The van der Waals surface area contributed by atoms with Gasteiger partial charge in [0.15, 0.2) is 0 Å². The van der Waals surface area contributed by atoms with Crippen molar-refractivity contribution in [3.63, 3.8) is 0 Å². The van der Waals surface area contributed by atoms with Crippen molar-refractivity contribution in [1.82, 2.24) is 4.98 Å². The van der Waals surface area contributed by atoms with Crippen LogP contribution in [0.1, 0.15) is 30.1 Å². The summed E-state index contributed by atoms with van der Waals surface area (Å²) in [4.78, 5) is 3.78. The molecule has 22 heavy (non-hydrogen) atoms. The maximum Gasteiger partial charge on any atom is 0.133 e. The minimum atomic E-state index is 0.601. The Bertz CT molecular complexity index is 790. The molecule has 0 radical (unpaired) electrons. The second-order valence-corrected chi connectivity index (χ2v) is 8.14. The van der Waals surface area contributed by atoms with Gasteiger partial charge in [0, 0.05) is 34.2 Å². The maximum atomic E-state index is 6.41. The van der Waals surface area contributed by atoms with Gasteiger partial charge < -0.3 is 9.47 Å². The van der Waals surface area contributed by atoms with Gasteiger partial charge in [-0.15, -0.1) is 0 Å². The van der Waals surface area contributed by atoms with Gasteiger partial charge in [-0.2, -0.15) is 0 Å². The predicted molar refractivity (Wildman–Crippen MR) is 90.8 cm³/mol. The fourth-order valence-electron chi connectivity index (χ4n) is 5.49. The van der Waals surface area contributed by atoms with Crippen molar-refractivity contribution in [1.29, 1.82) is 0 Å². The Morgan fingerprint density at radius 2 is 2.14 bits per heavy atom. The van der Waals surface area contributed by atoms with Gasteiger partial charge in [0.2, 0.25) is 0 Å². The summed E-state index contributed by atoms with van der Waals surface area (Å²) in [7, 11) is 2.46. The smallest absolute Gasteiger partial charge is 0.133 e. The first-order valence-corrected chi connectivity index (χ1v) is 8.82. The average Bonchev–Trinajstić information content (AvgIpc) is 3.01. The molecule has 4 atom stereocenters. The van der Waals surface area contributed by atoms with E-state index in [1.807, 2.05) is 0 Å². The van der Waals surface area contributed by atoms with Crippen molar-refractivity contribution >= 4 is 22.5 Å². The molecule has 2 aliphatic heterocycles. The molecule has 5 rings (SSSR count). The molecule has 114 valence electrons. The van der Waals surface area contributed by atoms with E-state index in [2.05, 4.69) is 42.4 Å². The fourth-order valence-corrected chi connectivity index (χ4v) is 5.75. The van der Waals surface area contributed by atoms with E-state index in [0.29, 0.717) is 12.0 Å². The number of aromatic nitrogens is 1. The van der Waals surface area contributed by atoms with E-state index >= 15 is 0 Å². The van der Waals surface area contributed by atoms with Crippen LogP contribution in [0.3, 0.4) is 0 Å². The third-order valence-corrected chi connectivity index (χ3v) is 6.73. The molecule has 3 aliphatic rings. The van der Waals surface area contributed by atoms with Crippen molar-refractivity contribution in [2.75, 3.05) is 20.1 Å². The van der Waals surface area contributed by atoms with Crippen molar-refractivity contribution in [2.24, 2.45) is 11.8 Å². The molecule has 1 saturated heterocycles. The summed E-state index contributed by atoms with van der Waals surface area (Å²) in [6, 6.07) is 9.40. The van der Waals surface area contributed by atoms with Crippen LogP contribution >= 0.6 is 11.6 Å². The molecule has 3 heterocycles. The van der Waals surface area contributed by atoms with Crippen LogP contribution in [0.2, 0.25) is 0 Å². The SMILES string of the molecule is C[N@+]12CCc3c([nH]c4ccccc34)[C@@H]1[C@@H]1CC(Cl)=CC[C@@H]1C2. The van der Waals surface area contributed by atoms with Crippen LogP contribution in [0.4, 0.5) is 0 Å². The molecule has 0 saturated carbocycles. The number of para-hydroxylation sites is 1. The number of rotatable bonds is 0. The number of fused-ring (bicyclic) bond motifs is 7. The Morgan fingerprint density at radius 1 is 1.27 bits per heavy atom. The van der Waals surface area contributed by atoms with E-state index in [0.717, 1.165) is 17.4 Å². The molecule has 3 heteroatoms. The molecule has 1 aromatic carbocycles. The molecule has 0 bridgehead atoms. The third-order valence-electron chi connectivity index (χ3n) is 6.42. The number of nitrogens with one attached hydrogen (secondary N) is 1. The molecule has 1 N–H and O–H groups in total. The van der Waals surface area contributed by atoms with E-state index in [1.54, 1.807) is 5.56 Å². The lowest BCUT2D eigenvalue weighted by atomic mass is 9.79. The first kappa shape index (κ1) is 13.2. The second kappa shape index (κ2) is 4.39. The van der Waals surface area contributed by atoms with Crippen LogP contribution in [-0.4, -0.2) is 29.6 Å². The van der Waals surface area contributed by atoms with Crippen LogP contribution in [0.25, 0.3) is 10.9 Å². The monoisotopic (exact) mass is 313 g/mol. The van der Waals surface area contributed by atoms with E-state index in [-0.39, 0.29) is 0 Å². The maximum absolute atomic E-state index is 6.41. The number of hydrogen-bond acceptors (Lipinski definition) is 0. The number of allylic oxidation sites excluding steroid dienone is 2. The van der Waals surface area contributed by atoms with Gasteiger partial charge in [0.05, 0.1) is 25.8 Å². The number of nitrogens with zero attached hydrogens (tertiary/aromatic N) is 1. The minimum absolute atomic E-state index is 0.601. The third kappa shape index (κ3) is 1.65. The summed E-state index contributed by atoms with van der Waals surface area (Å²) in [6.45, 7) is 2.58. The van der Waals surface area contributed by atoms with E-state index < -0.39 is 0 Å². The minimum Gasteiger partial charge on any atom is -0.353 e. The lowest BCUT2D eigenvalue weighted by Gasteiger charge is -2.41. The number of aromatic amines is 1. The molecule has 1 fully saturated rings. The van der Waals surface area contributed by atoms with Crippen molar-refractivity contribution in [3.05, 3.63) is 46.6 Å². The molecular formula is C19H22ClN2+. The van der Waals surface area contributed by atoms with Gasteiger partial charge in [0.1, 0.15) is 6.04 Å². The van der Waals surface area contributed by atoms with Gasteiger partial charge in [0.25, 0.3) is 0 Å². The number of hydrogen-bond donors (Lipinski definition) is 1. The molecule has 2 aromatic rings. The van der Waals surface area contributed by atoms with Crippen LogP contribution in [0.5, 0.6) is 0 Å². The fraction of sp³-hybridized carbons (Fsp3) is 0.474. The van der Waals surface area contributed by atoms with Crippen molar-refractivity contribution in [2.45, 2.75) is 25.3 Å². The van der Waals surface area contributed by atoms with Crippen LogP contribution < -0.4 is 0 Å². The highest BCUT2D eigenvalue weighted by molar-refractivity contribution is 6.29. The molecule has 2 nitrogen and oxygen atoms in total. The van der Waals surface area contributed by atoms with Gasteiger partial charge in [-0.3, -0.25) is 0 Å². The molecule has 0 spiro atoms. The van der Waals surface area contributed by atoms with E-state index in [9.17, 15) is 0 Å². The summed E-state index contributed by atoms with van der Waals surface area (Å²) < 4.78 is 1.20. The Morgan fingerprint density at radius 3 is 3.05 bits per heavy atom. The lowest BCUT2D eigenvalue weighted by molar-refractivity contribution is -0.932.